The first-order chi connectivity index (χ1) is 4.15. The van der Waals surface area contributed by atoms with Crippen molar-refractivity contribution in [1.29, 1.82) is 0 Å². The van der Waals surface area contributed by atoms with Gasteiger partial charge in [-0.2, -0.15) is 0 Å². The fourth-order valence-electron chi connectivity index (χ4n) is 0.102. The maximum atomic E-state index is 4.87. The smallest absolute Gasteiger partial charge is 0.0379 e. The van der Waals surface area contributed by atoms with Crippen molar-refractivity contribution in [3.63, 3.8) is 0 Å². The summed E-state index contributed by atoms with van der Waals surface area (Å²) in [6.45, 7) is 9.68. The standard InChI is InChI=1S/C3H7O.C3H9Si.Sn/c1-3-4-2;1-4(2)3;/h2-3H2,1H3;1-3H3;. The van der Waals surface area contributed by atoms with Gasteiger partial charge in [0, 0.05) is 8.80 Å². The molecule has 0 aromatic heterocycles. The van der Waals surface area contributed by atoms with Gasteiger partial charge in [0.1, 0.15) is 0 Å². The summed E-state index contributed by atoms with van der Waals surface area (Å²) in [6.07, 6.45) is 0. The van der Waals surface area contributed by atoms with Gasteiger partial charge in [-0.3, -0.25) is 0 Å². The number of hydrogen-bond donors (Lipinski definition) is 0. The molecule has 0 heterocycles. The molecule has 0 bridgehead atoms. The molecule has 0 aliphatic carbocycles. The SMILES string of the molecule is CCO[CH2][Sn].C[Si](C)C. The van der Waals surface area contributed by atoms with E-state index >= 15 is 0 Å². The predicted octanol–water partition coefficient (Wildman–Crippen LogP) is 1.52. The second kappa shape index (κ2) is 11.7. The van der Waals surface area contributed by atoms with E-state index in [-0.39, 0.29) is 8.80 Å². The van der Waals surface area contributed by atoms with Crippen molar-refractivity contribution in [2.45, 2.75) is 26.6 Å². The molecule has 3 heteroatoms. The van der Waals surface area contributed by atoms with Crippen LogP contribution in [0.3, 0.4) is 0 Å². The van der Waals surface area contributed by atoms with Crippen LogP contribution in [0.5, 0.6) is 0 Å². The molecule has 0 N–H and O–H groups in total. The average molecular weight is 251 g/mol. The topological polar surface area (TPSA) is 9.23 Å². The molecule has 0 aliphatic heterocycles. The minimum absolute atomic E-state index is 0.120. The Morgan fingerprint density at radius 1 is 1.33 bits per heavy atom. The Hall–Kier alpha value is 0.976. The van der Waals surface area contributed by atoms with Gasteiger partial charge < -0.3 is 0 Å². The molecule has 0 rings (SSSR count). The number of rotatable bonds is 2. The Morgan fingerprint density at radius 3 is 1.67 bits per heavy atom. The third-order valence-corrected chi connectivity index (χ3v) is 0.889. The number of ether oxygens (including phenoxy) is 1. The quantitative estimate of drug-likeness (QED) is 0.676. The second-order valence-corrected chi connectivity index (χ2v) is 5.96. The Kier molecular flexibility index (Phi) is 16.5. The second-order valence-electron chi connectivity index (χ2n) is 2.14. The molecule has 0 aliphatic rings. The van der Waals surface area contributed by atoms with Gasteiger partial charge in [-0.15, -0.1) is 0 Å². The van der Waals surface area contributed by atoms with Gasteiger partial charge in [0.2, 0.25) is 0 Å². The monoisotopic (exact) mass is 252 g/mol. The van der Waals surface area contributed by atoms with E-state index in [1.165, 1.54) is 22.5 Å². The molecule has 4 radical (unpaired) electrons. The summed E-state index contributed by atoms with van der Waals surface area (Å²) in [4.78, 5) is 0. The summed E-state index contributed by atoms with van der Waals surface area (Å²) in [5, 5.41) is 0. The van der Waals surface area contributed by atoms with Crippen molar-refractivity contribution in [3.05, 3.63) is 0 Å². The third-order valence-electron chi connectivity index (χ3n) is 0.306. The van der Waals surface area contributed by atoms with E-state index < -0.39 is 0 Å². The van der Waals surface area contributed by atoms with Crippen LogP contribution in [0.2, 0.25) is 19.6 Å². The van der Waals surface area contributed by atoms with Crippen LogP contribution in [0.1, 0.15) is 6.92 Å². The van der Waals surface area contributed by atoms with E-state index in [0.717, 1.165) is 11.2 Å². The van der Waals surface area contributed by atoms with Crippen molar-refractivity contribution in [2.24, 2.45) is 0 Å². The zero-order valence-corrected chi connectivity index (χ0v) is 10.7. The van der Waals surface area contributed by atoms with E-state index in [1.807, 2.05) is 6.92 Å². The molecule has 9 heavy (non-hydrogen) atoms. The van der Waals surface area contributed by atoms with Gasteiger partial charge in [0.15, 0.2) is 0 Å². The molecule has 0 saturated carbocycles. The third kappa shape index (κ3) is 49.3. The fourth-order valence-corrected chi connectivity index (χ4v) is 0.685. The molecule has 0 aromatic carbocycles. The first kappa shape index (κ1) is 12.6. The van der Waals surface area contributed by atoms with Gasteiger partial charge in [-0.1, -0.05) is 19.6 Å². The largest absolute Gasteiger partial charge is 0.0715 e. The van der Waals surface area contributed by atoms with Crippen LogP contribution in [0, 0.1) is 0 Å². The van der Waals surface area contributed by atoms with Crippen molar-refractivity contribution in [3.8, 4) is 0 Å². The molecule has 0 amide bonds. The summed E-state index contributed by atoms with van der Waals surface area (Å²) in [6, 6.07) is 0. The Labute approximate surface area is 73.9 Å². The van der Waals surface area contributed by atoms with Gasteiger partial charge in [0.05, 0.1) is 0 Å². The van der Waals surface area contributed by atoms with Crippen LogP contribution >= 0.6 is 0 Å². The maximum Gasteiger partial charge on any atom is 0.0379 e. The van der Waals surface area contributed by atoms with Crippen LogP contribution in [0.25, 0.3) is 0 Å². The zero-order chi connectivity index (χ0) is 7.70. The maximum absolute atomic E-state index is 4.87. The van der Waals surface area contributed by atoms with Gasteiger partial charge in [-0.25, -0.2) is 0 Å². The van der Waals surface area contributed by atoms with E-state index in [1.54, 1.807) is 0 Å². The van der Waals surface area contributed by atoms with Gasteiger partial charge in [0.25, 0.3) is 0 Å². The summed E-state index contributed by atoms with van der Waals surface area (Å²) >= 11 is 1.46. The predicted molar refractivity (Wildman–Crippen MR) is 45.6 cm³/mol. The van der Waals surface area contributed by atoms with Crippen molar-refractivity contribution >= 4 is 31.3 Å². The van der Waals surface area contributed by atoms with Crippen LogP contribution in [0.15, 0.2) is 0 Å². The van der Waals surface area contributed by atoms with Gasteiger partial charge >= 0.3 is 45.4 Å². The molecular weight excluding hydrogens is 235 g/mol. The first-order valence-corrected chi connectivity index (χ1v) is 8.16. The van der Waals surface area contributed by atoms with Crippen LogP contribution < -0.4 is 0 Å². The molecule has 54 valence electrons. The summed E-state index contributed by atoms with van der Waals surface area (Å²) in [5.74, 6) is 0. The first-order valence-electron chi connectivity index (χ1n) is 3.14. The number of hydrogen-bond acceptors (Lipinski definition) is 1. The molecular formula is C6H16OSiSn. The molecule has 0 atom stereocenters. The molecule has 1 nitrogen and oxygen atoms in total. The van der Waals surface area contributed by atoms with E-state index in [9.17, 15) is 0 Å². The molecule has 0 saturated heterocycles. The van der Waals surface area contributed by atoms with Crippen LogP contribution in [-0.2, 0) is 4.74 Å². The fraction of sp³-hybridized carbons (Fsp3) is 1.00. The molecule has 0 unspecified atom stereocenters. The van der Waals surface area contributed by atoms with Crippen molar-refractivity contribution in [2.75, 3.05) is 11.2 Å². The molecule has 0 spiro atoms. The van der Waals surface area contributed by atoms with E-state index in [2.05, 4.69) is 19.6 Å². The molecule has 0 aromatic rings. The van der Waals surface area contributed by atoms with Crippen LogP contribution in [-0.4, -0.2) is 42.6 Å². The van der Waals surface area contributed by atoms with E-state index in [0.29, 0.717) is 0 Å². The van der Waals surface area contributed by atoms with Crippen molar-refractivity contribution in [1.82, 2.24) is 0 Å². The Bertz CT molecular complexity index is 37.3. The normalized spacial score (nSPS) is 8.67. The minimum Gasteiger partial charge on any atom is -0.0715 e. The summed E-state index contributed by atoms with van der Waals surface area (Å²) in [5.41, 5.74) is 0. The van der Waals surface area contributed by atoms with Gasteiger partial charge in [-0.05, 0) is 0 Å². The van der Waals surface area contributed by atoms with E-state index in [4.69, 9.17) is 4.74 Å². The molecule has 0 fully saturated rings. The van der Waals surface area contributed by atoms with Crippen LogP contribution in [0.4, 0.5) is 0 Å². The minimum atomic E-state index is 0.120. The summed E-state index contributed by atoms with van der Waals surface area (Å²) in [7, 11) is 0.120. The Balaban J connectivity index is 0. The Morgan fingerprint density at radius 2 is 1.67 bits per heavy atom. The zero-order valence-electron chi connectivity index (χ0n) is 6.82. The summed E-state index contributed by atoms with van der Waals surface area (Å²) < 4.78 is 5.81. The average Bonchev–Trinajstić information content (AvgIpc) is 1.66. The van der Waals surface area contributed by atoms with Crippen molar-refractivity contribution < 1.29 is 4.74 Å².